The minimum absolute atomic E-state index is 0.149. The molecule has 1 saturated heterocycles. The standard InChI is InChI=1S/C16H24N2O4S/c1-3-22-15-9-7-14(8-10-15)18(23(2,20)21)13-16(19)17-11-5-4-6-12-17/h7-10H,3-6,11-13H2,1-2H3. The van der Waals surface area contributed by atoms with Crippen LogP contribution in [0.4, 0.5) is 5.69 Å². The van der Waals surface area contributed by atoms with Crippen LogP contribution < -0.4 is 9.04 Å². The van der Waals surface area contributed by atoms with Crippen LogP contribution in [0.3, 0.4) is 0 Å². The molecule has 1 fully saturated rings. The first kappa shape index (κ1) is 17.6. The summed E-state index contributed by atoms with van der Waals surface area (Å²) in [4.78, 5) is 14.1. The molecule has 1 heterocycles. The maximum atomic E-state index is 12.4. The second-order valence-electron chi connectivity index (χ2n) is 5.64. The fourth-order valence-corrected chi connectivity index (χ4v) is 3.49. The van der Waals surface area contributed by atoms with Crippen LogP contribution in [0.25, 0.3) is 0 Å². The number of hydrogen-bond donors (Lipinski definition) is 0. The van der Waals surface area contributed by atoms with Gasteiger partial charge in [0.25, 0.3) is 0 Å². The van der Waals surface area contributed by atoms with Crippen molar-refractivity contribution in [1.82, 2.24) is 4.90 Å². The van der Waals surface area contributed by atoms with Gasteiger partial charge in [0.1, 0.15) is 12.3 Å². The third-order valence-electron chi connectivity index (χ3n) is 3.82. The van der Waals surface area contributed by atoms with E-state index in [0.29, 0.717) is 31.1 Å². The number of amides is 1. The molecule has 0 bridgehead atoms. The van der Waals surface area contributed by atoms with Crippen LogP contribution in [0.5, 0.6) is 5.75 Å². The summed E-state index contributed by atoms with van der Waals surface area (Å²) in [6.45, 7) is 3.68. The molecule has 0 unspecified atom stereocenters. The van der Waals surface area contributed by atoms with Gasteiger partial charge < -0.3 is 9.64 Å². The molecule has 1 aromatic rings. The highest BCUT2D eigenvalue weighted by atomic mass is 32.2. The number of ether oxygens (including phenoxy) is 1. The molecule has 1 aliphatic rings. The van der Waals surface area contributed by atoms with Gasteiger partial charge in [-0.2, -0.15) is 0 Å². The predicted molar refractivity (Wildman–Crippen MR) is 90.2 cm³/mol. The molecule has 1 aliphatic heterocycles. The lowest BCUT2D eigenvalue weighted by molar-refractivity contribution is -0.130. The third kappa shape index (κ3) is 4.86. The van der Waals surface area contributed by atoms with E-state index in [1.165, 1.54) is 0 Å². The molecule has 7 heteroatoms. The van der Waals surface area contributed by atoms with E-state index < -0.39 is 10.0 Å². The molecule has 128 valence electrons. The smallest absolute Gasteiger partial charge is 0.243 e. The van der Waals surface area contributed by atoms with Crippen molar-refractivity contribution < 1.29 is 17.9 Å². The van der Waals surface area contributed by atoms with Gasteiger partial charge in [0.05, 0.1) is 18.6 Å². The molecule has 0 aromatic heterocycles. The van der Waals surface area contributed by atoms with Gasteiger partial charge in [-0.1, -0.05) is 0 Å². The Hall–Kier alpha value is -1.76. The summed E-state index contributed by atoms with van der Waals surface area (Å²) in [5.74, 6) is 0.524. The number of nitrogens with zero attached hydrogens (tertiary/aromatic N) is 2. The quantitative estimate of drug-likeness (QED) is 0.793. The summed E-state index contributed by atoms with van der Waals surface area (Å²) in [6, 6.07) is 6.75. The maximum Gasteiger partial charge on any atom is 0.243 e. The molecule has 0 radical (unpaired) electrons. The molecule has 1 amide bonds. The first-order valence-corrected chi connectivity index (χ1v) is 9.75. The number of benzene rings is 1. The first-order valence-electron chi connectivity index (χ1n) is 7.90. The normalized spacial score (nSPS) is 15.3. The Morgan fingerprint density at radius 2 is 1.78 bits per heavy atom. The van der Waals surface area contributed by atoms with Crippen molar-refractivity contribution in [2.75, 3.05) is 36.8 Å². The zero-order valence-corrected chi connectivity index (χ0v) is 14.5. The van der Waals surface area contributed by atoms with Crippen molar-refractivity contribution in [3.63, 3.8) is 0 Å². The highest BCUT2D eigenvalue weighted by Crippen LogP contribution is 2.22. The van der Waals surface area contributed by atoms with Gasteiger partial charge in [-0.05, 0) is 50.5 Å². The summed E-state index contributed by atoms with van der Waals surface area (Å²) in [5, 5.41) is 0. The number of carbonyl (C=O) groups is 1. The van der Waals surface area contributed by atoms with Crippen LogP contribution in [0.1, 0.15) is 26.2 Å². The van der Waals surface area contributed by atoms with E-state index in [1.54, 1.807) is 29.2 Å². The average Bonchev–Trinajstić information content (AvgIpc) is 2.53. The maximum absolute atomic E-state index is 12.4. The molecule has 2 rings (SSSR count). The van der Waals surface area contributed by atoms with Gasteiger partial charge in [-0.15, -0.1) is 0 Å². The van der Waals surface area contributed by atoms with Crippen molar-refractivity contribution in [1.29, 1.82) is 0 Å². The van der Waals surface area contributed by atoms with E-state index in [-0.39, 0.29) is 12.5 Å². The number of anilines is 1. The number of likely N-dealkylation sites (tertiary alicyclic amines) is 1. The Balaban J connectivity index is 2.15. The molecular weight excluding hydrogens is 316 g/mol. The Kier molecular flexibility index (Phi) is 5.87. The second kappa shape index (κ2) is 7.68. The lowest BCUT2D eigenvalue weighted by atomic mass is 10.1. The summed E-state index contributed by atoms with van der Waals surface area (Å²) in [5.41, 5.74) is 0.473. The lowest BCUT2D eigenvalue weighted by Gasteiger charge is -2.30. The topological polar surface area (TPSA) is 66.9 Å². The molecule has 6 nitrogen and oxygen atoms in total. The number of sulfonamides is 1. The van der Waals surface area contributed by atoms with Crippen molar-refractivity contribution >= 4 is 21.6 Å². The zero-order chi connectivity index (χ0) is 16.9. The number of carbonyl (C=O) groups excluding carboxylic acids is 1. The van der Waals surface area contributed by atoms with Crippen molar-refractivity contribution in [2.45, 2.75) is 26.2 Å². The van der Waals surface area contributed by atoms with E-state index >= 15 is 0 Å². The minimum atomic E-state index is -3.53. The molecule has 0 spiro atoms. The molecule has 0 saturated carbocycles. The summed E-state index contributed by atoms with van der Waals surface area (Å²) >= 11 is 0. The first-order chi connectivity index (χ1) is 10.9. The van der Waals surface area contributed by atoms with Crippen LogP contribution in [-0.4, -0.2) is 51.7 Å². The predicted octanol–water partition coefficient (Wildman–Crippen LogP) is 1.86. The largest absolute Gasteiger partial charge is 0.494 e. The van der Waals surface area contributed by atoms with Gasteiger partial charge >= 0.3 is 0 Å². The third-order valence-corrected chi connectivity index (χ3v) is 4.96. The van der Waals surface area contributed by atoms with Crippen molar-refractivity contribution in [2.24, 2.45) is 0 Å². The van der Waals surface area contributed by atoms with E-state index in [1.807, 2.05) is 6.92 Å². The highest BCUT2D eigenvalue weighted by molar-refractivity contribution is 7.92. The lowest BCUT2D eigenvalue weighted by Crippen LogP contribution is -2.44. The molecule has 0 atom stereocenters. The Labute approximate surface area is 138 Å². The monoisotopic (exact) mass is 340 g/mol. The Morgan fingerprint density at radius 1 is 1.17 bits per heavy atom. The number of piperidine rings is 1. The van der Waals surface area contributed by atoms with Crippen LogP contribution in [0, 0.1) is 0 Å². The van der Waals surface area contributed by atoms with E-state index in [2.05, 4.69) is 0 Å². The summed E-state index contributed by atoms with van der Waals surface area (Å²) in [6.07, 6.45) is 4.20. The zero-order valence-electron chi connectivity index (χ0n) is 13.7. The van der Waals surface area contributed by atoms with E-state index in [9.17, 15) is 13.2 Å². The second-order valence-corrected chi connectivity index (χ2v) is 7.54. The van der Waals surface area contributed by atoms with Gasteiger partial charge in [-0.25, -0.2) is 8.42 Å². The fourth-order valence-electron chi connectivity index (χ4n) is 2.64. The molecular formula is C16H24N2O4S. The van der Waals surface area contributed by atoms with Gasteiger partial charge in [0.15, 0.2) is 0 Å². The minimum Gasteiger partial charge on any atom is -0.494 e. The SMILES string of the molecule is CCOc1ccc(N(CC(=O)N2CCCCC2)S(C)(=O)=O)cc1. The van der Waals surface area contributed by atoms with E-state index in [0.717, 1.165) is 29.8 Å². The van der Waals surface area contributed by atoms with Crippen molar-refractivity contribution in [3.05, 3.63) is 24.3 Å². The van der Waals surface area contributed by atoms with Crippen molar-refractivity contribution in [3.8, 4) is 5.75 Å². The summed E-state index contributed by atoms with van der Waals surface area (Å²) in [7, 11) is -3.53. The highest BCUT2D eigenvalue weighted by Gasteiger charge is 2.24. The van der Waals surface area contributed by atoms with Crippen LogP contribution in [0.15, 0.2) is 24.3 Å². The molecule has 23 heavy (non-hydrogen) atoms. The average molecular weight is 340 g/mol. The van der Waals surface area contributed by atoms with E-state index in [4.69, 9.17) is 4.74 Å². The Morgan fingerprint density at radius 3 is 2.30 bits per heavy atom. The summed E-state index contributed by atoms with van der Waals surface area (Å²) < 4.78 is 30.7. The van der Waals surface area contributed by atoms with Gasteiger partial charge in [0.2, 0.25) is 15.9 Å². The van der Waals surface area contributed by atoms with Gasteiger partial charge in [0, 0.05) is 13.1 Å². The number of hydrogen-bond acceptors (Lipinski definition) is 4. The fraction of sp³-hybridized carbons (Fsp3) is 0.562. The Bertz CT molecular complexity index is 622. The van der Waals surface area contributed by atoms with Gasteiger partial charge in [-0.3, -0.25) is 9.10 Å². The molecule has 1 aromatic carbocycles. The molecule has 0 aliphatic carbocycles. The van der Waals surface area contributed by atoms with Crippen LogP contribution in [0.2, 0.25) is 0 Å². The van der Waals surface area contributed by atoms with Crippen LogP contribution >= 0.6 is 0 Å². The number of rotatable bonds is 6. The van der Waals surface area contributed by atoms with Crippen LogP contribution in [-0.2, 0) is 14.8 Å². The molecule has 0 N–H and O–H groups in total.